The third-order valence-electron chi connectivity index (χ3n) is 2.92. The van der Waals surface area contributed by atoms with Crippen molar-refractivity contribution in [1.82, 2.24) is 0 Å². The van der Waals surface area contributed by atoms with Crippen molar-refractivity contribution >= 4 is 6.29 Å². The predicted octanol–water partition coefficient (Wildman–Crippen LogP) is 3.76. The van der Waals surface area contributed by atoms with Crippen LogP contribution < -0.4 is 4.74 Å². The van der Waals surface area contributed by atoms with E-state index >= 15 is 0 Å². The summed E-state index contributed by atoms with van der Waals surface area (Å²) in [4.78, 5) is 11.1. The van der Waals surface area contributed by atoms with Gasteiger partial charge in [0.05, 0.1) is 7.11 Å². The quantitative estimate of drug-likeness (QED) is 0.787. The van der Waals surface area contributed by atoms with E-state index in [2.05, 4.69) is 0 Å². The molecular weight excluding hydrogens is 250 g/mol. The van der Waals surface area contributed by atoms with Gasteiger partial charge >= 0.3 is 0 Å². The molecule has 0 fully saturated rings. The van der Waals surface area contributed by atoms with Crippen molar-refractivity contribution in [3.63, 3.8) is 0 Å². The maximum Gasteiger partial charge on any atom is 0.150 e. The van der Waals surface area contributed by atoms with Crippen LogP contribution in [0.25, 0.3) is 11.1 Å². The number of halogens is 2. The zero-order valence-electron chi connectivity index (χ0n) is 10.5. The maximum atomic E-state index is 13.8. The van der Waals surface area contributed by atoms with Gasteiger partial charge in [-0.2, -0.15) is 0 Å². The summed E-state index contributed by atoms with van der Waals surface area (Å²) >= 11 is 0. The highest BCUT2D eigenvalue weighted by atomic mass is 19.1. The summed E-state index contributed by atoms with van der Waals surface area (Å²) in [6, 6.07) is 6.93. The number of ether oxygens (including phenoxy) is 1. The molecular formula is C15H12F2O2. The summed E-state index contributed by atoms with van der Waals surface area (Å²) in [7, 11) is 1.48. The molecule has 0 atom stereocenters. The molecule has 0 saturated carbocycles. The number of rotatable bonds is 3. The molecule has 19 heavy (non-hydrogen) atoms. The number of benzene rings is 2. The number of aldehydes is 1. The van der Waals surface area contributed by atoms with Crippen LogP contribution >= 0.6 is 0 Å². The Labute approximate surface area is 109 Å². The van der Waals surface area contributed by atoms with Gasteiger partial charge in [-0.1, -0.05) is 0 Å². The van der Waals surface area contributed by atoms with Crippen molar-refractivity contribution in [1.29, 1.82) is 0 Å². The minimum Gasteiger partial charge on any atom is -0.497 e. The van der Waals surface area contributed by atoms with Crippen LogP contribution in [0.1, 0.15) is 15.9 Å². The van der Waals surface area contributed by atoms with Gasteiger partial charge in [0, 0.05) is 17.2 Å². The van der Waals surface area contributed by atoms with Gasteiger partial charge in [-0.05, 0) is 42.3 Å². The Morgan fingerprint density at radius 2 is 1.79 bits per heavy atom. The normalized spacial score (nSPS) is 10.3. The molecule has 0 radical (unpaired) electrons. The second-order valence-corrected chi connectivity index (χ2v) is 4.15. The molecule has 0 bridgehead atoms. The van der Waals surface area contributed by atoms with Crippen molar-refractivity contribution in [3.05, 3.63) is 53.1 Å². The van der Waals surface area contributed by atoms with Crippen molar-refractivity contribution in [2.75, 3.05) is 7.11 Å². The minimum absolute atomic E-state index is 0.198. The monoisotopic (exact) mass is 262 g/mol. The van der Waals surface area contributed by atoms with Crippen LogP contribution in [0.15, 0.2) is 30.3 Å². The van der Waals surface area contributed by atoms with E-state index in [-0.39, 0.29) is 5.56 Å². The van der Waals surface area contributed by atoms with Gasteiger partial charge in [-0.15, -0.1) is 0 Å². The van der Waals surface area contributed by atoms with E-state index in [1.54, 1.807) is 19.1 Å². The summed E-state index contributed by atoms with van der Waals surface area (Å²) in [5.74, 6) is -0.802. The highest BCUT2D eigenvalue weighted by Gasteiger charge is 2.13. The molecule has 0 aliphatic carbocycles. The molecule has 0 unspecified atom stereocenters. The number of carbonyl (C=O) groups is 1. The third kappa shape index (κ3) is 2.47. The summed E-state index contributed by atoms with van der Waals surface area (Å²) in [5.41, 5.74) is 1.23. The van der Waals surface area contributed by atoms with Crippen molar-refractivity contribution < 1.29 is 18.3 Å². The SMILES string of the molecule is COc1ccc(-c2cc(C)c(F)cc2F)c(C=O)c1. The summed E-state index contributed by atoms with van der Waals surface area (Å²) in [5, 5.41) is 0. The van der Waals surface area contributed by atoms with Gasteiger partial charge in [0.15, 0.2) is 6.29 Å². The molecule has 0 saturated heterocycles. The molecule has 2 rings (SSSR count). The average molecular weight is 262 g/mol. The van der Waals surface area contributed by atoms with Gasteiger partial charge in [0.2, 0.25) is 0 Å². The summed E-state index contributed by atoms with van der Waals surface area (Å²) in [6.45, 7) is 1.54. The highest BCUT2D eigenvalue weighted by Crippen LogP contribution is 2.30. The van der Waals surface area contributed by atoms with Crippen LogP contribution in [-0.4, -0.2) is 13.4 Å². The lowest BCUT2D eigenvalue weighted by Crippen LogP contribution is -1.95. The predicted molar refractivity (Wildman–Crippen MR) is 68.5 cm³/mol. The molecule has 0 heterocycles. The van der Waals surface area contributed by atoms with Crippen molar-refractivity contribution in [2.24, 2.45) is 0 Å². The molecule has 0 aromatic heterocycles. The lowest BCUT2D eigenvalue weighted by molar-refractivity contribution is 0.112. The first-order valence-corrected chi connectivity index (χ1v) is 5.66. The van der Waals surface area contributed by atoms with Crippen molar-refractivity contribution in [2.45, 2.75) is 6.92 Å². The van der Waals surface area contributed by atoms with Crippen LogP contribution in [0.5, 0.6) is 5.75 Å². The molecule has 4 heteroatoms. The number of aryl methyl sites for hydroxylation is 1. The first-order valence-electron chi connectivity index (χ1n) is 5.66. The number of hydrogen-bond donors (Lipinski definition) is 0. The fourth-order valence-electron chi connectivity index (χ4n) is 1.87. The van der Waals surface area contributed by atoms with Gasteiger partial charge in [0.25, 0.3) is 0 Å². The molecule has 2 nitrogen and oxygen atoms in total. The van der Waals surface area contributed by atoms with E-state index in [1.165, 1.54) is 19.2 Å². The lowest BCUT2D eigenvalue weighted by Gasteiger charge is -2.10. The Hall–Kier alpha value is -2.23. The van der Waals surface area contributed by atoms with E-state index < -0.39 is 11.6 Å². The van der Waals surface area contributed by atoms with Gasteiger partial charge in [-0.25, -0.2) is 8.78 Å². The number of hydrogen-bond acceptors (Lipinski definition) is 2. The second-order valence-electron chi connectivity index (χ2n) is 4.15. The van der Waals surface area contributed by atoms with Gasteiger partial charge in [0.1, 0.15) is 17.4 Å². The van der Waals surface area contributed by atoms with Crippen molar-refractivity contribution in [3.8, 4) is 16.9 Å². The number of carbonyl (C=O) groups excluding carboxylic acids is 1. The molecule has 0 spiro atoms. The zero-order valence-corrected chi connectivity index (χ0v) is 10.5. The second kappa shape index (κ2) is 5.18. The Morgan fingerprint density at radius 3 is 2.42 bits per heavy atom. The van der Waals surface area contributed by atoms with E-state index in [4.69, 9.17) is 4.74 Å². The number of methoxy groups -OCH3 is 1. The smallest absolute Gasteiger partial charge is 0.150 e. The Bertz CT molecular complexity index is 636. The summed E-state index contributed by atoms with van der Waals surface area (Å²) < 4.78 is 32.1. The van der Waals surface area contributed by atoms with Crippen LogP contribution in [-0.2, 0) is 0 Å². The lowest BCUT2D eigenvalue weighted by atomic mass is 9.98. The largest absolute Gasteiger partial charge is 0.497 e. The van der Waals surface area contributed by atoms with Gasteiger partial charge < -0.3 is 4.74 Å². The van der Waals surface area contributed by atoms with Crippen LogP contribution in [0.2, 0.25) is 0 Å². The van der Waals surface area contributed by atoms with Crippen LogP contribution in [0, 0.1) is 18.6 Å². The summed E-state index contributed by atoms with van der Waals surface area (Å²) in [6.07, 6.45) is 0.621. The fourth-order valence-corrected chi connectivity index (χ4v) is 1.87. The van der Waals surface area contributed by atoms with E-state index in [9.17, 15) is 13.6 Å². The Kier molecular flexibility index (Phi) is 3.60. The molecule has 98 valence electrons. The fraction of sp³-hybridized carbons (Fsp3) is 0.133. The van der Waals surface area contributed by atoms with E-state index in [0.29, 0.717) is 28.7 Å². The standard InChI is InChI=1S/C15H12F2O2/c1-9-5-13(15(17)7-14(9)16)12-4-3-11(19-2)6-10(12)8-18/h3-8H,1-2H3. The molecule has 2 aromatic rings. The Morgan fingerprint density at radius 1 is 1.05 bits per heavy atom. The highest BCUT2D eigenvalue weighted by molar-refractivity contribution is 5.88. The van der Waals surface area contributed by atoms with E-state index in [1.807, 2.05) is 0 Å². The molecule has 0 N–H and O–H groups in total. The first-order chi connectivity index (χ1) is 9.06. The van der Waals surface area contributed by atoms with Crippen LogP contribution in [0.3, 0.4) is 0 Å². The zero-order chi connectivity index (χ0) is 14.0. The maximum absolute atomic E-state index is 13.8. The topological polar surface area (TPSA) is 26.3 Å². The minimum atomic E-state index is -0.698. The van der Waals surface area contributed by atoms with Gasteiger partial charge in [-0.3, -0.25) is 4.79 Å². The Balaban J connectivity index is 2.65. The molecule has 2 aromatic carbocycles. The average Bonchev–Trinajstić information content (AvgIpc) is 2.42. The molecule has 0 amide bonds. The molecule has 0 aliphatic rings. The first kappa shape index (κ1) is 13.2. The molecule has 0 aliphatic heterocycles. The van der Waals surface area contributed by atoms with Crippen LogP contribution in [0.4, 0.5) is 8.78 Å². The van der Waals surface area contributed by atoms with E-state index in [0.717, 1.165) is 6.07 Å². The third-order valence-corrected chi connectivity index (χ3v) is 2.92.